The summed E-state index contributed by atoms with van der Waals surface area (Å²) in [5, 5.41) is 5.43. The summed E-state index contributed by atoms with van der Waals surface area (Å²) >= 11 is 0. The van der Waals surface area contributed by atoms with Crippen molar-refractivity contribution >= 4 is 23.6 Å². The summed E-state index contributed by atoms with van der Waals surface area (Å²) in [5.41, 5.74) is 0.637. The van der Waals surface area contributed by atoms with E-state index in [1.54, 1.807) is 24.3 Å². The topological polar surface area (TPSA) is 87.7 Å². The molecular weight excluding hydrogens is 310 g/mol. The monoisotopic (exact) mass is 333 g/mol. The van der Waals surface area contributed by atoms with E-state index in [0.717, 1.165) is 12.8 Å². The van der Waals surface area contributed by atoms with Crippen LogP contribution < -0.4 is 10.6 Å². The number of carbonyl (C=O) groups is 3. The smallest absolute Gasteiger partial charge is 0.322 e. The van der Waals surface area contributed by atoms with Crippen LogP contribution in [0.4, 0.5) is 10.5 Å². The first kappa shape index (κ1) is 17.8. The average Bonchev–Trinajstić information content (AvgIpc) is 2.58. The molecule has 7 heteroatoms. The normalized spacial score (nSPS) is 17.1. The molecule has 1 fully saturated rings. The molecule has 1 aromatic rings. The van der Waals surface area contributed by atoms with E-state index in [4.69, 9.17) is 4.74 Å². The maximum Gasteiger partial charge on any atom is 0.322 e. The Morgan fingerprint density at radius 1 is 1.33 bits per heavy atom. The van der Waals surface area contributed by atoms with E-state index in [1.165, 1.54) is 4.90 Å². The highest BCUT2D eigenvalue weighted by Crippen LogP contribution is 2.14. The van der Waals surface area contributed by atoms with Gasteiger partial charge in [-0.3, -0.25) is 9.59 Å². The van der Waals surface area contributed by atoms with Crippen molar-refractivity contribution in [2.75, 3.05) is 25.0 Å². The van der Waals surface area contributed by atoms with Gasteiger partial charge in [0, 0.05) is 18.8 Å². The van der Waals surface area contributed by atoms with Gasteiger partial charge in [0.25, 0.3) is 0 Å². The molecule has 0 aromatic heterocycles. The molecule has 0 saturated carbocycles. The maximum absolute atomic E-state index is 12.4. The van der Waals surface area contributed by atoms with Gasteiger partial charge >= 0.3 is 12.0 Å². The molecule has 130 valence electrons. The number of benzene rings is 1. The zero-order chi connectivity index (χ0) is 17.4. The van der Waals surface area contributed by atoms with Gasteiger partial charge in [0.2, 0.25) is 5.91 Å². The van der Waals surface area contributed by atoms with Crippen molar-refractivity contribution in [3.8, 4) is 0 Å². The van der Waals surface area contributed by atoms with Crippen LogP contribution in [0.15, 0.2) is 30.3 Å². The molecule has 1 aromatic carbocycles. The minimum absolute atomic E-state index is 0.141. The van der Waals surface area contributed by atoms with Crippen LogP contribution in [-0.4, -0.2) is 48.5 Å². The summed E-state index contributed by atoms with van der Waals surface area (Å²) in [6.07, 6.45) is 1.56. The molecule has 1 aliphatic rings. The predicted octanol–water partition coefficient (Wildman–Crippen LogP) is 1.75. The van der Waals surface area contributed by atoms with Crippen molar-refractivity contribution in [1.82, 2.24) is 10.2 Å². The highest BCUT2D eigenvalue weighted by Gasteiger charge is 2.35. The van der Waals surface area contributed by atoms with E-state index in [2.05, 4.69) is 10.6 Å². The summed E-state index contributed by atoms with van der Waals surface area (Å²) < 4.78 is 5.10. The Morgan fingerprint density at radius 3 is 2.79 bits per heavy atom. The minimum atomic E-state index is -0.850. The van der Waals surface area contributed by atoms with Crippen LogP contribution in [0.2, 0.25) is 0 Å². The fourth-order valence-corrected chi connectivity index (χ4v) is 2.42. The number of anilines is 1. The number of esters is 1. The SMILES string of the molecule is CCCCOC(=O)CC1C(=O)NCCN1C(=O)Nc1ccccc1. The first-order valence-electron chi connectivity index (χ1n) is 8.18. The van der Waals surface area contributed by atoms with E-state index < -0.39 is 18.0 Å². The van der Waals surface area contributed by atoms with Crippen LogP contribution in [0.3, 0.4) is 0 Å². The highest BCUT2D eigenvalue weighted by molar-refractivity contribution is 5.96. The van der Waals surface area contributed by atoms with Crippen molar-refractivity contribution < 1.29 is 19.1 Å². The standard InChI is InChI=1S/C17H23N3O4/c1-2-3-11-24-15(21)12-14-16(22)18-9-10-20(14)17(23)19-13-7-5-4-6-8-13/h4-8,14H,2-3,9-12H2,1H3,(H,18,22)(H,19,23). The van der Waals surface area contributed by atoms with Gasteiger partial charge in [0.15, 0.2) is 0 Å². The van der Waals surface area contributed by atoms with Gasteiger partial charge in [0.05, 0.1) is 13.0 Å². The fraction of sp³-hybridized carbons (Fsp3) is 0.471. The molecule has 1 unspecified atom stereocenters. The average molecular weight is 333 g/mol. The number of rotatable bonds is 6. The summed E-state index contributed by atoms with van der Waals surface area (Å²) in [6, 6.07) is 7.73. The lowest BCUT2D eigenvalue weighted by molar-refractivity contribution is -0.147. The number of carbonyl (C=O) groups excluding carboxylic acids is 3. The molecule has 24 heavy (non-hydrogen) atoms. The van der Waals surface area contributed by atoms with Gasteiger partial charge < -0.3 is 20.3 Å². The Kier molecular flexibility index (Phi) is 6.60. The number of hydrogen-bond acceptors (Lipinski definition) is 4. The molecule has 3 amide bonds. The summed E-state index contributed by atoms with van der Waals surface area (Å²) in [4.78, 5) is 37.8. The summed E-state index contributed by atoms with van der Waals surface area (Å²) in [6.45, 7) is 3.04. The largest absolute Gasteiger partial charge is 0.466 e. The van der Waals surface area contributed by atoms with Gasteiger partial charge in [-0.25, -0.2) is 4.79 Å². The predicted molar refractivity (Wildman–Crippen MR) is 89.4 cm³/mol. The third-order valence-corrected chi connectivity index (χ3v) is 3.74. The van der Waals surface area contributed by atoms with Gasteiger partial charge in [0.1, 0.15) is 6.04 Å². The van der Waals surface area contributed by atoms with Crippen LogP contribution in [0, 0.1) is 0 Å². The third kappa shape index (κ3) is 4.97. The van der Waals surface area contributed by atoms with E-state index in [0.29, 0.717) is 25.4 Å². The molecule has 1 saturated heterocycles. The number of amides is 3. The molecular formula is C17H23N3O4. The maximum atomic E-state index is 12.4. The number of urea groups is 1. The van der Waals surface area contributed by atoms with Crippen LogP contribution in [0.5, 0.6) is 0 Å². The number of nitrogens with one attached hydrogen (secondary N) is 2. The third-order valence-electron chi connectivity index (χ3n) is 3.74. The molecule has 2 N–H and O–H groups in total. The molecule has 7 nitrogen and oxygen atoms in total. The van der Waals surface area contributed by atoms with Gasteiger partial charge in [-0.2, -0.15) is 0 Å². The minimum Gasteiger partial charge on any atom is -0.466 e. The van der Waals surface area contributed by atoms with E-state index in [9.17, 15) is 14.4 Å². The zero-order valence-electron chi connectivity index (χ0n) is 13.8. The zero-order valence-corrected chi connectivity index (χ0v) is 13.8. The number of para-hydroxylation sites is 1. The lowest BCUT2D eigenvalue weighted by atomic mass is 10.1. The number of ether oxygens (including phenoxy) is 1. The molecule has 0 aliphatic carbocycles. The molecule has 1 atom stereocenters. The molecule has 0 bridgehead atoms. The van der Waals surface area contributed by atoms with Crippen LogP contribution in [0.25, 0.3) is 0 Å². The van der Waals surface area contributed by atoms with Crippen molar-refractivity contribution in [3.05, 3.63) is 30.3 Å². The van der Waals surface area contributed by atoms with Crippen LogP contribution >= 0.6 is 0 Å². The molecule has 0 spiro atoms. The van der Waals surface area contributed by atoms with Crippen LogP contribution in [-0.2, 0) is 14.3 Å². The van der Waals surface area contributed by atoms with Gasteiger partial charge in [-0.15, -0.1) is 0 Å². The van der Waals surface area contributed by atoms with E-state index in [1.807, 2.05) is 13.0 Å². The number of piperazine rings is 1. The lowest BCUT2D eigenvalue weighted by Gasteiger charge is -2.34. The second-order valence-corrected chi connectivity index (χ2v) is 5.57. The second kappa shape index (κ2) is 8.90. The molecule has 1 heterocycles. The molecule has 0 radical (unpaired) electrons. The van der Waals surface area contributed by atoms with Gasteiger partial charge in [-0.05, 0) is 18.6 Å². The van der Waals surface area contributed by atoms with Crippen molar-refractivity contribution in [1.29, 1.82) is 0 Å². The van der Waals surface area contributed by atoms with Crippen molar-refractivity contribution in [2.24, 2.45) is 0 Å². The van der Waals surface area contributed by atoms with E-state index >= 15 is 0 Å². The Labute approximate surface area is 141 Å². The van der Waals surface area contributed by atoms with E-state index in [-0.39, 0.29) is 12.3 Å². The second-order valence-electron chi connectivity index (χ2n) is 5.57. The number of unbranched alkanes of at least 4 members (excludes halogenated alkanes) is 1. The number of nitrogens with zero attached hydrogens (tertiary/aromatic N) is 1. The quantitative estimate of drug-likeness (QED) is 0.613. The van der Waals surface area contributed by atoms with Crippen molar-refractivity contribution in [2.45, 2.75) is 32.2 Å². The summed E-state index contributed by atoms with van der Waals surface area (Å²) in [7, 11) is 0. The Hall–Kier alpha value is -2.57. The Balaban J connectivity index is 1.98. The molecule has 2 rings (SSSR count). The lowest BCUT2D eigenvalue weighted by Crippen LogP contribution is -2.58. The highest BCUT2D eigenvalue weighted by atomic mass is 16.5. The number of hydrogen-bond donors (Lipinski definition) is 2. The first-order chi connectivity index (χ1) is 11.6. The summed E-state index contributed by atoms with van der Waals surface area (Å²) in [5.74, 6) is -0.806. The fourth-order valence-electron chi connectivity index (χ4n) is 2.42. The molecule has 1 aliphatic heterocycles. The van der Waals surface area contributed by atoms with Crippen molar-refractivity contribution in [3.63, 3.8) is 0 Å². The van der Waals surface area contributed by atoms with Gasteiger partial charge in [-0.1, -0.05) is 31.5 Å². The van der Waals surface area contributed by atoms with Crippen LogP contribution in [0.1, 0.15) is 26.2 Å². The first-order valence-corrected chi connectivity index (χ1v) is 8.18. The Morgan fingerprint density at radius 2 is 2.08 bits per heavy atom. The Bertz CT molecular complexity index is 576.